The minimum atomic E-state index is -0.342. The highest BCUT2D eigenvalue weighted by Crippen LogP contribution is 2.26. The number of oxazole rings is 1. The van der Waals surface area contributed by atoms with Gasteiger partial charge in [0.2, 0.25) is 5.89 Å². The van der Waals surface area contributed by atoms with E-state index in [0.29, 0.717) is 18.0 Å². The van der Waals surface area contributed by atoms with Gasteiger partial charge >= 0.3 is 0 Å². The molecule has 0 saturated carbocycles. The van der Waals surface area contributed by atoms with Gasteiger partial charge in [-0.2, -0.15) is 0 Å². The first-order chi connectivity index (χ1) is 12.4. The molecule has 0 aliphatic carbocycles. The van der Waals surface area contributed by atoms with E-state index in [1.54, 1.807) is 6.26 Å². The van der Waals surface area contributed by atoms with Crippen LogP contribution in [0.5, 0.6) is 0 Å². The standard InChI is InChI=1S/C22H24N2O2/c1-15-10-11-18(16(2)12-15)20(25)23-14-22(3,4)19-13-26-21(24-19)17-8-6-5-7-9-17/h5-13H,14H2,1-4H3,(H,23,25). The molecule has 2 aromatic carbocycles. The van der Waals surface area contributed by atoms with E-state index in [2.05, 4.69) is 10.3 Å². The maximum absolute atomic E-state index is 12.5. The number of nitrogens with zero attached hydrogens (tertiary/aromatic N) is 1. The Kier molecular flexibility index (Phi) is 4.94. The van der Waals surface area contributed by atoms with Crippen LogP contribution < -0.4 is 5.32 Å². The molecule has 0 saturated heterocycles. The highest BCUT2D eigenvalue weighted by atomic mass is 16.3. The van der Waals surface area contributed by atoms with Crippen molar-refractivity contribution in [2.24, 2.45) is 0 Å². The summed E-state index contributed by atoms with van der Waals surface area (Å²) in [5, 5.41) is 3.03. The van der Waals surface area contributed by atoms with E-state index >= 15 is 0 Å². The molecule has 0 aliphatic rings. The molecule has 1 heterocycles. The molecule has 0 atom stereocenters. The Morgan fingerprint density at radius 2 is 1.85 bits per heavy atom. The number of benzene rings is 2. The van der Waals surface area contributed by atoms with Gasteiger partial charge in [0.05, 0.1) is 5.69 Å². The first-order valence-electron chi connectivity index (χ1n) is 8.74. The molecule has 1 amide bonds. The van der Waals surface area contributed by atoms with Crippen molar-refractivity contribution >= 4 is 5.91 Å². The lowest BCUT2D eigenvalue weighted by atomic mass is 9.89. The Hall–Kier alpha value is -2.88. The highest BCUT2D eigenvalue weighted by molar-refractivity contribution is 5.95. The van der Waals surface area contributed by atoms with Crippen LogP contribution in [0.15, 0.2) is 59.2 Å². The second kappa shape index (κ2) is 7.16. The molecule has 0 bridgehead atoms. The minimum Gasteiger partial charge on any atom is -0.444 e. The molecule has 3 aromatic rings. The van der Waals surface area contributed by atoms with E-state index in [9.17, 15) is 4.79 Å². The number of aryl methyl sites for hydroxylation is 2. The molecule has 0 fully saturated rings. The Morgan fingerprint density at radius 3 is 2.54 bits per heavy atom. The zero-order chi connectivity index (χ0) is 18.7. The van der Waals surface area contributed by atoms with Gasteiger partial charge in [0.15, 0.2) is 0 Å². The van der Waals surface area contributed by atoms with Crippen molar-refractivity contribution in [3.05, 3.63) is 77.2 Å². The predicted octanol–water partition coefficient (Wildman–Crippen LogP) is 4.67. The Bertz CT molecular complexity index is 911. The first-order valence-corrected chi connectivity index (χ1v) is 8.74. The minimum absolute atomic E-state index is 0.0673. The molecule has 1 aromatic heterocycles. The Labute approximate surface area is 154 Å². The Balaban J connectivity index is 1.71. The fraction of sp³-hybridized carbons (Fsp3) is 0.273. The lowest BCUT2D eigenvalue weighted by molar-refractivity contribution is 0.0944. The molecule has 26 heavy (non-hydrogen) atoms. The zero-order valence-corrected chi connectivity index (χ0v) is 15.7. The number of carbonyl (C=O) groups excluding carboxylic acids is 1. The van der Waals surface area contributed by atoms with Crippen LogP contribution in [0.25, 0.3) is 11.5 Å². The van der Waals surface area contributed by atoms with Crippen molar-refractivity contribution in [1.82, 2.24) is 10.3 Å². The summed E-state index contributed by atoms with van der Waals surface area (Å²) in [4.78, 5) is 17.1. The zero-order valence-electron chi connectivity index (χ0n) is 15.7. The van der Waals surface area contributed by atoms with Gasteiger partial charge in [0.25, 0.3) is 5.91 Å². The van der Waals surface area contributed by atoms with Crippen LogP contribution in [0.4, 0.5) is 0 Å². The smallest absolute Gasteiger partial charge is 0.251 e. The summed E-state index contributed by atoms with van der Waals surface area (Å²) < 4.78 is 5.64. The summed E-state index contributed by atoms with van der Waals surface area (Å²) in [6, 6.07) is 15.6. The van der Waals surface area contributed by atoms with Gasteiger partial charge in [-0.3, -0.25) is 4.79 Å². The average molecular weight is 348 g/mol. The van der Waals surface area contributed by atoms with E-state index in [4.69, 9.17) is 4.42 Å². The molecule has 0 radical (unpaired) electrons. The van der Waals surface area contributed by atoms with Crippen molar-refractivity contribution in [1.29, 1.82) is 0 Å². The Morgan fingerprint density at radius 1 is 1.12 bits per heavy atom. The summed E-state index contributed by atoms with van der Waals surface area (Å²) in [5.41, 5.74) is 4.25. The second-order valence-electron chi connectivity index (χ2n) is 7.29. The van der Waals surface area contributed by atoms with Gasteiger partial charge < -0.3 is 9.73 Å². The van der Waals surface area contributed by atoms with Crippen molar-refractivity contribution in [2.75, 3.05) is 6.54 Å². The third kappa shape index (κ3) is 3.85. The molecule has 0 aliphatic heterocycles. The summed E-state index contributed by atoms with van der Waals surface area (Å²) in [6.45, 7) is 8.53. The number of nitrogens with one attached hydrogen (secondary N) is 1. The van der Waals surface area contributed by atoms with Crippen LogP contribution in [0.1, 0.15) is 41.0 Å². The summed E-state index contributed by atoms with van der Waals surface area (Å²) in [5.74, 6) is 0.525. The molecule has 1 N–H and O–H groups in total. The van der Waals surface area contributed by atoms with Gasteiger partial charge in [-0.05, 0) is 37.6 Å². The van der Waals surface area contributed by atoms with Crippen molar-refractivity contribution in [2.45, 2.75) is 33.1 Å². The van der Waals surface area contributed by atoms with Gasteiger partial charge in [-0.15, -0.1) is 0 Å². The van der Waals surface area contributed by atoms with Gasteiger partial charge in [-0.25, -0.2) is 4.98 Å². The number of amides is 1. The van der Waals surface area contributed by atoms with Crippen molar-refractivity contribution in [3.63, 3.8) is 0 Å². The van der Waals surface area contributed by atoms with E-state index in [1.165, 1.54) is 0 Å². The molecule has 3 rings (SSSR count). The SMILES string of the molecule is Cc1ccc(C(=O)NCC(C)(C)c2coc(-c3ccccc3)n2)c(C)c1. The second-order valence-corrected chi connectivity index (χ2v) is 7.29. The van der Waals surface area contributed by atoms with Crippen LogP contribution in [-0.4, -0.2) is 17.4 Å². The number of hydrogen-bond acceptors (Lipinski definition) is 3. The van der Waals surface area contributed by atoms with E-state index in [1.807, 2.05) is 76.2 Å². The molecular formula is C22H24N2O2. The van der Waals surface area contributed by atoms with Crippen LogP contribution in [0.3, 0.4) is 0 Å². The molecule has 4 heteroatoms. The maximum Gasteiger partial charge on any atom is 0.251 e. The number of rotatable bonds is 5. The largest absolute Gasteiger partial charge is 0.444 e. The lowest BCUT2D eigenvalue weighted by Crippen LogP contribution is -2.37. The number of aromatic nitrogens is 1. The summed E-state index contributed by atoms with van der Waals surface area (Å²) >= 11 is 0. The quantitative estimate of drug-likeness (QED) is 0.729. The number of carbonyl (C=O) groups is 1. The third-order valence-corrected chi connectivity index (χ3v) is 4.54. The first kappa shape index (κ1) is 17.9. The molecule has 4 nitrogen and oxygen atoms in total. The van der Waals surface area contributed by atoms with Gasteiger partial charge in [0.1, 0.15) is 6.26 Å². The normalized spacial score (nSPS) is 11.4. The fourth-order valence-corrected chi connectivity index (χ4v) is 2.85. The van der Waals surface area contributed by atoms with Gasteiger partial charge in [0, 0.05) is 23.1 Å². The summed E-state index contributed by atoms with van der Waals surface area (Å²) in [6.07, 6.45) is 1.67. The highest BCUT2D eigenvalue weighted by Gasteiger charge is 2.26. The van der Waals surface area contributed by atoms with Gasteiger partial charge in [-0.1, -0.05) is 49.7 Å². The predicted molar refractivity (Wildman–Crippen MR) is 103 cm³/mol. The van der Waals surface area contributed by atoms with Crippen LogP contribution in [0, 0.1) is 13.8 Å². The lowest BCUT2D eigenvalue weighted by Gasteiger charge is -2.22. The molecule has 0 unspecified atom stereocenters. The topological polar surface area (TPSA) is 55.1 Å². The van der Waals surface area contributed by atoms with Crippen LogP contribution in [-0.2, 0) is 5.41 Å². The van der Waals surface area contributed by atoms with E-state index < -0.39 is 0 Å². The molecular weight excluding hydrogens is 324 g/mol. The molecule has 134 valence electrons. The van der Waals surface area contributed by atoms with Crippen LogP contribution in [0.2, 0.25) is 0 Å². The monoisotopic (exact) mass is 348 g/mol. The third-order valence-electron chi connectivity index (χ3n) is 4.54. The maximum atomic E-state index is 12.5. The summed E-state index contributed by atoms with van der Waals surface area (Å²) in [7, 11) is 0. The van der Waals surface area contributed by atoms with Crippen LogP contribution >= 0.6 is 0 Å². The average Bonchev–Trinajstić information content (AvgIpc) is 3.12. The van der Waals surface area contributed by atoms with E-state index in [0.717, 1.165) is 22.4 Å². The van der Waals surface area contributed by atoms with E-state index in [-0.39, 0.29) is 11.3 Å². The van der Waals surface area contributed by atoms with Crippen molar-refractivity contribution < 1.29 is 9.21 Å². The fourth-order valence-electron chi connectivity index (χ4n) is 2.85. The number of hydrogen-bond donors (Lipinski definition) is 1. The van der Waals surface area contributed by atoms with Crippen molar-refractivity contribution in [3.8, 4) is 11.5 Å². The molecule has 0 spiro atoms.